The fourth-order valence-electron chi connectivity index (χ4n) is 5.40. The Balaban J connectivity index is 1.63. The van der Waals surface area contributed by atoms with E-state index >= 15 is 0 Å². The van der Waals surface area contributed by atoms with E-state index in [2.05, 4.69) is 16.9 Å². The molecule has 1 aliphatic carbocycles. The fourth-order valence-corrected chi connectivity index (χ4v) is 5.40. The van der Waals surface area contributed by atoms with Crippen molar-refractivity contribution in [2.75, 3.05) is 7.11 Å². The maximum absolute atomic E-state index is 14.8. The van der Waals surface area contributed by atoms with Crippen molar-refractivity contribution in [2.24, 2.45) is 11.7 Å². The number of halogens is 3. The Morgan fingerprint density at radius 1 is 1.11 bits per heavy atom. The van der Waals surface area contributed by atoms with Crippen molar-refractivity contribution < 1.29 is 22.7 Å². The average molecular weight is 512 g/mol. The van der Waals surface area contributed by atoms with Gasteiger partial charge in [0, 0.05) is 32.0 Å². The first-order valence-corrected chi connectivity index (χ1v) is 12.5. The van der Waals surface area contributed by atoms with Crippen LogP contribution in [0.5, 0.6) is 0 Å². The summed E-state index contributed by atoms with van der Waals surface area (Å²) >= 11 is 0. The number of ether oxygens (including phenoxy) is 1. The minimum absolute atomic E-state index is 0.0274. The van der Waals surface area contributed by atoms with Crippen molar-refractivity contribution in [1.29, 1.82) is 0 Å². The van der Waals surface area contributed by atoms with Crippen LogP contribution in [-0.2, 0) is 11.2 Å². The van der Waals surface area contributed by atoms with Gasteiger partial charge in [0.05, 0.1) is 11.7 Å². The van der Waals surface area contributed by atoms with Crippen LogP contribution in [0.2, 0.25) is 0 Å². The second-order valence-electron chi connectivity index (χ2n) is 10.2. The van der Waals surface area contributed by atoms with Crippen molar-refractivity contribution in [1.82, 2.24) is 9.97 Å². The molecule has 4 rings (SSSR count). The van der Waals surface area contributed by atoms with Crippen LogP contribution in [0.15, 0.2) is 42.7 Å². The summed E-state index contributed by atoms with van der Waals surface area (Å²) in [4.78, 5) is 21.5. The van der Waals surface area contributed by atoms with Crippen LogP contribution in [0.1, 0.15) is 72.6 Å². The molecular formula is C29H32F3N3O2. The third kappa shape index (κ3) is 5.60. The lowest BCUT2D eigenvalue weighted by Gasteiger charge is -2.38. The molecule has 37 heavy (non-hydrogen) atoms. The first-order valence-electron chi connectivity index (χ1n) is 12.5. The number of Topliss-reactive ketones (excluding diaryl/α,β-unsaturated/α-hetero) is 1. The number of nitrogens with zero attached hydrogens (tertiary/aromatic N) is 2. The summed E-state index contributed by atoms with van der Waals surface area (Å²) in [5.74, 6) is -2.91. The average Bonchev–Trinajstić information content (AvgIpc) is 2.84. The Hall–Kier alpha value is -3.10. The smallest absolute Gasteiger partial charge is 0.185 e. The lowest BCUT2D eigenvalue weighted by atomic mass is 9.73. The summed E-state index contributed by atoms with van der Waals surface area (Å²) in [6.45, 7) is 5.70. The van der Waals surface area contributed by atoms with Crippen LogP contribution in [-0.4, -0.2) is 35.0 Å². The van der Waals surface area contributed by atoms with Gasteiger partial charge in [-0.25, -0.2) is 18.2 Å². The quantitative estimate of drug-likeness (QED) is 0.396. The molecule has 2 N–H and O–H groups in total. The Morgan fingerprint density at radius 3 is 2.43 bits per heavy atom. The first-order chi connectivity index (χ1) is 17.6. The number of pyridine rings is 2. The number of carbonyl (C=O) groups excluding carboxylic acids is 1. The highest BCUT2D eigenvalue weighted by Crippen LogP contribution is 2.38. The number of ketones is 1. The van der Waals surface area contributed by atoms with Crippen LogP contribution in [0.3, 0.4) is 0 Å². The molecule has 2 heterocycles. The number of nitrogens with two attached hydrogens (primary N) is 1. The Morgan fingerprint density at radius 2 is 1.81 bits per heavy atom. The van der Waals surface area contributed by atoms with Crippen molar-refractivity contribution in [3.8, 4) is 11.3 Å². The van der Waals surface area contributed by atoms with E-state index in [0.29, 0.717) is 12.0 Å². The van der Waals surface area contributed by atoms with Crippen LogP contribution in [0, 0.1) is 23.4 Å². The number of rotatable bonds is 7. The predicted octanol–water partition coefficient (Wildman–Crippen LogP) is 5.97. The first kappa shape index (κ1) is 26.9. The highest BCUT2D eigenvalue weighted by Gasteiger charge is 2.35. The molecule has 0 spiro atoms. The number of hydrogen-bond donors (Lipinski definition) is 1. The van der Waals surface area contributed by atoms with Crippen molar-refractivity contribution >= 4 is 5.78 Å². The van der Waals surface area contributed by atoms with E-state index in [4.69, 9.17) is 10.5 Å². The molecule has 2 aromatic heterocycles. The van der Waals surface area contributed by atoms with Crippen LogP contribution >= 0.6 is 0 Å². The molecule has 0 amide bonds. The van der Waals surface area contributed by atoms with E-state index in [1.165, 1.54) is 18.2 Å². The third-order valence-electron chi connectivity index (χ3n) is 7.30. The minimum atomic E-state index is -0.925. The lowest BCUT2D eigenvalue weighted by Crippen LogP contribution is -2.45. The second kappa shape index (κ2) is 11.1. The second-order valence-corrected chi connectivity index (χ2v) is 10.2. The van der Waals surface area contributed by atoms with Gasteiger partial charge in [-0.1, -0.05) is 20.8 Å². The molecule has 8 heteroatoms. The van der Waals surface area contributed by atoms with Gasteiger partial charge in [-0.2, -0.15) is 0 Å². The van der Waals surface area contributed by atoms with Crippen molar-refractivity contribution in [2.45, 2.75) is 64.0 Å². The Kier molecular flexibility index (Phi) is 8.09. The van der Waals surface area contributed by atoms with E-state index in [-0.39, 0.29) is 42.0 Å². The summed E-state index contributed by atoms with van der Waals surface area (Å²) in [6.07, 6.45) is 4.81. The van der Waals surface area contributed by atoms with Gasteiger partial charge in [-0.05, 0) is 77.6 Å². The van der Waals surface area contributed by atoms with E-state index < -0.39 is 34.5 Å². The zero-order valence-corrected chi connectivity index (χ0v) is 21.5. The summed E-state index contributed by atoms with van der Waals surface area (Å²) in [6, 6.07) is 6.35. The summed E-state index contributed by atoms with van der Waals surface area (Å²) in [5.41, 5.74) is 7.33. The molecule has 0 radical (unpaired) electrons. The van der Waals surface area contributed by atoms with Crippen LogP contribution in [0.25, 0.3) is 11.3 Å². The van der Waals surface area contributed by atoms with Crippen LogP contribution in [0.4, 0.5) is 13.2 Å². The molecule has 0 aliphatic heterocycles. The highest BCUT2D eigenvalue weighted by atomic mass is 19.1. The maximum Gasteiger partial charge on any atom is 0.185 e. The molecule has 4 atom stereocenters. The molecule has 0 saturated heterocycles. The molecule has 1 aliphatic rings. The number of aromatic nitrogens is 2. The van der Waals surface area contributed by atoms with E-state index in [1.54, 1.807) is 33.4 Å². The van der Waals surface area contributed by atoms with E-state index in [9.17, 15) is 18.0 Å². The maximum atomic E-state index is 14.8. The number of carbonyl (C=O) groups is 1. The van der Waals surface area contributed by atoms with Gasteiger partial charge in [0.15, 0.2) is 5.78 Å². The van der Waals surface area contributed by atoms with E-state index in [1.807, 2.05) is 6.07 Å². The number of methoxy groups -OCH3 is 1. The fraction of sp³-hybridized carbons (Fsp3) is 0.414. The molecule has 196 valence electrons. The van der Waals surface area contributed by atoms with E-state index in [0.717, 1.165) is 23.6 Å². The van der Waals surface area contributed by atoms with Crippen LogP contribution < -0.4 is 5.73 Å². The topological polar surface area (TPSA) is 78.1 Å². The third-order valence-corrected chi connectivity index (χ3v) is 7.30. The molecule has 3 aromatic rings. The van der Waals surface area contributed by atoms with Gasteiger partial charge >= 0.3 is 0 Å². The van der Waals surface area contributed by atoms with Gasteiger partial charge in [-0.15, -0.1) is 0 Å². The van der Waals surface area contributed by atoms with Crippen molar-refractivity contribution in [3.63, 3.8) is 0 Å². The SMILES string of the molecule is CO[C@@H]1[C@H](N)C[C@H](c2ccncc2CC(=O)c2ccc(F)c(-c3c(F)cc(C(C)C)cc3F)n2)C[C@@H]1C. The number of hydrogen-bond acceptors (Lipinski definition) is 5. The zero-order chi connectivity index (χ0) is 26.9. The Bertz CT molecular complexity index is 1260. The highest BCUT2D eigenvalue weighted by molar-refractivity contribution is 5.96. The minimum Gasteiger partial charge on any atom is -0.380 e. The molecule has 1 fully saturated rings. The van der Waals surface area contributed by atoms with Gasteiger partial charge in [0.25, 0.3) is 0 Å². The Labute approximate surface area is 215 Å². The van der Waals surface area contributed by atoms with Gasteiger partial charge in [0.2, 0.25) is 0 Å². The zero-order valence-electron chi connectivity index (χ0n) is 21.5. The molecular weight excluding hydrogens is 479 g/mol. The molecule has 5 nitrogen and oxygen atoms in total. The molecule has 0 bridgehead atoms. The summed E-state index contributed by atoms with van der Waals surface area (Å²) in [5, 5.41) is 0. The normalized spacial score (nSPS) is 21.9. The standard InChI is InChI=1S/C29H32F3N3O2/c1-15(2)17-10-22(31)27(23(32)11-17)28-21(30)5-6-25(35-28)26(36)13-19-14-34-8-7-20(19)18-9-16(3)29(37-4)24(33)12-18/h5-8,10-11,14-16,18,24,29H,9,12-13,33H2,1-4H3/t16-,18+,24+,29-/m0/s1. The van der Waals surface area contributed by atoms with Gasteiger partial charge in [0.1, 0.15) is 28.8 Å². The van der Waals surface area contributed by atoms with Crippen molar-refractivity contribution in [3.05, 3.63) is 82.6 Å². The molecule has 1 aromatic carbocycles. The summed E-state index contributed by atoms with van der Waals surface area (Å²) in [7, 11) is 1.66. The summed E-state index contributed by atoms with van der Waals surface area (Å²) < 4.78 is 49.9. The largest absolute Gasteiger partial charge is 0.380 e. The van der Waals surface area contributed by atoms with Gasteiger partial charge in [-0.3, -0.25) is 9.78 Å². The molecule has 1 saturated carbocycles. The number of benzene rings is 1. The lowest BCUT2D eigenvalue weighted by molar-refractivity contribution is 0.00970. The monoisotopic (exact) mass is 511 g/mol. The predicted molar refractivity (Wildman–Crippen MR) is 136 cm³/mol. The molecule has 0 unspecified atom stereocenters. The van der Waals surface area contributed by atoms with Gasteiger partial charge < -0.3 is 10.5 Å².